The Balaban J connectivity index is 1.63. The van der Waals surface area contributed by atoms with E-state index in [9.17, 15) is 14.4 Å². The first-order valence-corrected chi connectivity index (χ1v) is 10.7. The predicted molar refractivity (Wildman–Crippen MR) is 113 cm³/mol. The van der Waals surface area contributed by atoms with Crippen molar-refractivity contribution in [2.24, 2.45) is 0 Å². The number of imidazole rings is 1. The van der Waals surface area contributed by atoms with E-state index in [1.807, 2.05) is 19.1 Å². The van der Waals surface area contributed by atoms with Crippen molar-refractivity contribution >= 4 is 27.8 Å². The second-order valence-corrected chi connectivity index (χ2v) is 8.73. The first kappa shape index (κ1) is 19.9. The smallest absolute Gasteiger partial charge is 0.228 e. The number of nitriles is 1. The number of rotatable bonds is 5. The first-order valence-electron chi connectivity index (χ1n) is 10.7. The molecule has 0 bridgehead atoms. The van der Waals surface area contributed by atoms with Gasteiger partial charge in [-0.15, -0.1) is 0 Å². The molecule has 0 radical (unpaired) electrons. The Bertz CT molecular complexity index is 1210. The number of amides is 1. The monoisotopic (exact) mass is 421 g/mol. The molecular weight excluding hydrogens is 397 g/mol. The molecule has 7 nitrogen and oxygen atoms in total. The van der Waals surface area contributed by atoms with Crippen molar-refractivity contribution in [1.82, 2.24) is 19.9 Å². The summed E-state index contributed by atoms with van der Waals surface area (Å²) in [6.45, 7) is 2.13. The second-order valence-electron chi connectivity index (χ2n) is 8.73. The van der Waals surface area contributed by atoms with Crippen LogP contribution in [-0.2, 0) is 16.0 Å². The van der Waals surface area contributed by atoms with Gasteiger partial charge in [-0.3, -0.25) is 9.78 Å². The lowest BCUT2D eigenvalue weighted by molar-refractivity contribution is -0.121. The van der Waals surface area contributed by atoms with E-state index >= 15 is 0 Å². The van der Waals surface area contributed by atoms with Crippen molar-refractivity contribution in [3.8, 4) is 6.07 Å². The maximum atomic E-state index is 13.3. The molecule has 31 heavy (non-hydrogen) atoms. The molecule has 2 aromatic heterocycles. The minimum Gasteiger partial charge on any atom is -0.378 e. The Morgan fingerprint density at radius 2 is 2.26 bits per heavy atom. The van der Waals surface area contributed by atoms with Crippen molar-refractivity contribution < 1.29 is 13.9 Å². The molecule has 1 aliphatic carbocycles. The zero-order valence-electron chi connectivity index (χ0n) is 17.4. The van der Waals surface area contributed by atoms with Gasteiger partial charge in [0.15, 0.2) is 0 Å². The Hall–Kier alpha value is -3.05. The number of alkyl halides is 1. The van der Waals surface area contributed by atoms with Gasteiger partial charge in [0.25, 0.3) is 0 Å². The number of hydrogen-bond acceptors (Lipinski definition) is 5. The van der Waals surface area contributed by atoms with E-state index in [2.05, 4.69) is 20.9 Å². The van der Waals surface area contributed by atoms with E-state index < -0.39 is 12.2 Å². The minimum atomic E-state index is -0.683. The molecule has 1 saturated carbocycles. The van der Waals surface area contributed by atoms with Crippen LogP contribution in [0.4, 0.5) is 4.39 Å². The molecule has 2 fully saturated rings. The molecule has 1 aromatic carbocycles. The third kappa shape index (κ3) is 3.63. The van der Waals surface area contributed by atoms with Crippen molar-refractivity contribution in [1.29, 1.82) is 5.26 Å². The maximum Gasteiger partial charge on any atom is 0.228 e. The van der Waals surface area contributed by atoms with Crippen LogP contribution in [0.15, 0.2) is 24.4 Å². The van der Waals surface area contributed by atoms with Crippen LogP contribution in [0.2, 0.25) is 0 Å². The first-order chi connectivity index (χ1) is 15.0. The Kier molecular flexibility index (Phi) is 4.86. The second kappa shape index (κ2) is 7.57. The van der Waals surface area contributed by atoms with Crippen LogP contribution in [0.5, 0.6) is 0 Å². The highest BCUT2D eigenvalue weighted by atomic mass is 19.1. The fourth-order valence-electron chi connectivity index (χ4n) is 4.55. The molecule has 160 valence electrons. The lowest BCUT2D eigenvalue weighted by Gasteiger charge is -2.30. The number of carbonyl (C=O) groups excluding carboxylic acids is 1. The van der Waals surface area contributed by atoms with Gasteiger partial charge >= 0.3 is 0 Å². The molecule has 1 aliphatic heterocycles. The number of hydrogen-bond donors (Lipinski definition) is 1. The normalized spacial score (nSPS) is 22.4. The van der Waals surface area contributed by atoms with Crippen LogP contribution >= 0.6 is 0 Å². The summed E-state index contributed by atoms with van der Waals surface area (Å²) in [6, 6.07) is 7.72. The van der Waals surface area contributed by atoms with E-state index in [0.717, 1.165) is 29.3 Å². The molecule has 0 unspecified atom stereocenters. The zero-order chi connectivity index (χ0) is 21.6. The largest absolute Gasteiger partial charge is 0.378 e. The molecule has 1 amide bonds. The number of benzene rings is 1. The van der Waals surface area contributed by atoms with Gasteiger partial charge in [-0.05, 0) is 50.8 Å². The summed E-state index contributed by atoms with van der Waals surface area (Å²) in [4.78, 5) is 22.0. The third-order valence-corrected chi connectivity index (χ3v) is 6.37. The molecule has 3 aromatic rings. The topological polar surface area (TPSA) is 92.8 Å². The number of nitrogens with one attached hydrogen (secondary N) is 1. The van der Waals surface area contributed by atoms with Gasteiger partial charge < -0.3 is 14.6 Å². The van der Waals surface area contributed by atoms with Gasteiger partial charge in [-0.2, -0.15) is 5.26 Å². The van der Waals surface area contributed by atoms with E-state index in [1.165, 1.54) is 0 Å². The van der Waals surface area contributed by atoms with Gasteiger partial charge in [0.05, 0.1) is 46.9 Å². The summed E-state index contributed by atoms with van der Waals surface area (Å²) in [6.07, 6.45) is 4.85. The molecule has 0 spiro atoms. The number of pyridine rings is 1. The molecule has 1 N–H and O–H groups in total. The predicted octanol–water partition coefficient (Wildman–Crippen LogP) is 3.36. The van der Waals surface area contributed by atoms with E-state index in [0.29, 0.717) is 36.4 Å². The molecule has 2 aliphatic rings. The van der Waals surface area contributed by atoms with Crippen LogP contribution in [0, 0.1) is 11.3 Å². The highest BCUT2D eigenvalue weighted by Gasteiger charge is 2.44. The summed E-state index contributed by atoms with van der Waals surface area (Å²) in [5, 5.41) is 13.1. The van der Waals surface area contributed by atoms with Gasteiger partial charge in [0, 0.05) is 18.0 Å². The Morgan fingerprint density at radius 1 is 1.42 bits per heavy atom. The third-order valence-electron chi connectivity index (χ3n) is 6.37. The van der Waals surface area contributed by atoms with Crippen LogP contribution < -0.4 is 5.32 Å². The van der Waals surface area contributed by atoms with Crippen LogP contribution in [0.25, 0.3) is 21.9 Å². The number of ether oxygens (including phenoxy) is 1. The summed E-state index contributed by atoms with van der Waals surface area (Å²) in [5.74, 6) is 0.416. The lowest BCUT2D eigenvalue weighted by atomic mass is 10.0. The SMILES string of the molecule is C[C@@H]1C[C@H](n2c(CC(=O)NC3(CF)CC3)nc3cnc4ccc(C#N)cc4c32)CCO1. The molecule has 8 heteroatoms. The van der Waals surface area contributed by atoms with Crippen LogP contribution in [0.1, 0.15) is 50.0 Å². The Labute approximate surface area is 179 Å². The van der Waals surface area contributed by atoms with Crippen LogP contribution in [0.3, 0.4) is 0 Å². The van der Waals surface area contributed by atoms with Crippen LogP contribution in [-0.4, -0.2) is 45.4 Å². The summed E-state index contributed by atoms with van der Waals surface area (Å²) in [7, 11) is 0. The average molecular weight is 421 g/mol. The van der Waals surface area contributed by atoms with Crippen molar-refractivity contribution in [2.75, 3.05) is 13.3 Å². The van der Waals surface area contributed by atoms with Gasteiger partial charge in [0.1, 0.15) is 18.0 Å². The fraction of sp³-hybridized carbons (Fsp3) is 0.478. The van der Waals surface area contributed by atoms with Crippen molar-refractivity contribution in [3.63, 3.8) is 0 Å². The summed E-state index contributed by atoms with van der Waals surface area (Å²) in [5.41, 5.74) is 2.22. The van der Waals surface area contributed by atoms with Crippen molar-refractivity contribution in [3.05, 3.63) is 35.8 Å². The number of aromatic nitrogens is 3. The number of halogens is 1. The van der Waals surface area contributed by atoms with Gasteiger partial charge in [0.2, 0.25) is 5.91 Å². The lowest BCUT2D eigenvalue weighted by Crippen LogP contribution is -2.40. The van der Waals surface area contributed by atoms with Crippen molar-refractivity contribution in [2.45, 2.75) is 56.7 Å². The summed E-state index contributed by atoms with van der Waals surface area (Å²) >= 11 is 0. The number of fused-ring (bicyclic) bond motifs is 3. The minimum absolute atomic E-state index is 0.0710. The van der Waals surface area contributed by atoms with E-state index in [-0.39, 0.29) is 24.5 Å². The average Bonchev–Trinajstić information content (AvgIpc) is 3.44. The Morgan fingerprint density at radius 3 is 2.97 bits per heavy atom. The highest BCUT2D eigenvalue weighted by Crippen LogP contribution is 2.36. The molecular formula is C23H24FN5O2. The molecule has 3 heterocycles. The number of carbonyl (C=O) groups is 1. The molecule has 2 atom stereocenters. The summed E-state index contributed by atoms with van der Waals surface area (Å²) < 4.78 is 21.1. The molecule has 1 saturated heterocycles. The molecule has 5 rings (SSSR count). The quantitative estimate of drug-likeness (QED) is 0.682. The van der Waals surface area contributed by atoms with Gasteiger partial charge in [-0.25, -0.2) is 9.37 Å². The van der Waals surface area contributed by atoms with E-state index in [4.69, 9.17) is 9.72 Å². The fourth-order valence-corrected chi connectivity index (χ4v) is 4.55. The maximum absolute atomic E-state index is 13.3. The van der Waals surface area contributed by atoms with Gasteiger partial charge in [-0.1, -0.05) is 0 Å². The highest BCUT2D eigenvalue weighted by molar-refractivity contribution is 6.03. The number of nitrogens with zero attached hydrogens (tertiary/aromatic N) is 4. The zero-order valence-corrected chi connectivity index (χ0v) is 17.4. The van der Waals surface area contributed by atoms with E-state index in [1.54, 1.807) is 12.3 Å². The standard InChI is InChI=1S/C23H24FN5O2/c1-14-8-16(4-7-31-14)29-20(10-21(30)28-23(13-24)5-6-23)27-19-12-26-18-3-2-15(11-25)9-17(18)22(19)29/h2-3,9,12,14,16H,4-8,10,13H2,1H3,(H,28,30)/t14-,16-/m1/s1.